The number of thiophene rings is 1. The quantitative estimate of drug-likeness (QED) is 0.214. The third-order valence-electron chi connectivity index (χ3n) is 7.50. The first-order valence-electron chi connectivity index (χ1n) is 13.5. The summed E-state index contributed by atoms with van der Waals surface area (Å²) in [4.78, 5) is 5.23. The third kappa shape index (κ3) is 4.77. The third-order valence-corrected chi connectivity index (χ3v) is 10.8. The standard InChI is InChI=1S/C34H41NSSi/c1-21-23(19-33(2,3)4)15-16-26-29-28(37(8,9)10)20-35-30(32(29)36-31(21)26)24-17-22-13-11-12-14-25(22)27(18-24)34(5,6)7/h11-18,20H,19H2,1-10H3. The first-order valence-corrected chi connectivity index (χ1v) is 17.8. The average Bonchev–Trinajstić information content (AvgIpc) is 3.18. The van der Waals surface area contributed by atoms with Crippen molar-refractivity contribution in [2.45, 2.75) is 79.9 Å². The average molecular weight is 524 g/mol. The molecule has 3 heteroatoms. The van der Waals surface area contributed by atoms with Crippen molar-refractivity contribution in [2.24, 2.45) is 5.41 Å². The number of fused-ring (bicyclic) bond motifs is 4. The second-order valence-electron chi connectivity index (χ2n) is 14.0. The maximum atomic E-state index is 5.23. The molecule has 0 bridgehead atoms. The van der Waals surface area contributed by atoms with Gasteiger partial charge in [-0.05, 0) is 69.0 Å². The lowest BCUT2D eigenvalue weighted by Crippen LogP contribution is -2.38. The highest BCUT2D eigenvalue weighted by Crippen LogP contribution is 2.43. The summed E-state index contributed by atoms with van der Waals surface area (Å²) in [5.74, 6) is 0. The molecule has 0 saturated carbocycles. The van der Waals surface area contributed by atoms with E-state index in [0.29, 0.717) is 0 Å². The van der Waals surface area contributed by atoms with Crippen molar-refractivity contribution in [2.75, 3.05) is 0 Å². The summed E-state index contributed by atoms with van der Waals surface area (Å²) in [5, 5.41) is 6.96. The van der Waals surface area contributed by atoms with Gasteiger partial charge in [-0.3, -0.25) is 4.98 Å². The topological polar surface area (TPSA) is 12.9 Å². The number of benzene rings is 3. The number of aryl methyl sites for hydroxylation is 1. The van der Waals surface area contributed by atoms with E-state index in [4.69, 9.17) is 4.98 Å². The molecule has 2 aromatic heterocycles. The Morgan fingerprint density at radius 1 is 0.838 bits per heavy atom. The molecular weight excluding hydrogens is 483 g/mol. The second-order valence-corrected chi connectivity index (χ2v) is 20.1. The molecule has 5 rings (SSSR count). The predicted molar refractivity (Wildman–Crippen MR) is 170 cm³/mol. The van der Waals surface area contributed by atoms with Crippen LogP contribution in [0.25, 0.3) is 42.2 Å². The highest BCUT2D eigenvalue weighted by atomic mass is 32.1. The molecule has 0 amide bonds. The molecule has 0 radical (unpaired) electrons. The van der Waals surface area contributed by atoms with Crippen LogP contribution in [0, 0.1) is 12.3 Å². The zero-order chi connectivity index (χ0) is 26.9. The van der Waals surface area contributed by atoms with E-state index >= 15 is 0 Å². The monoisotopic (exact) mass is 523 g/mol. The van der Waals surface area contributed by atoms with E-state index in [1.54, 1.807) is 0 Å². The maximum absolute atomic E-state index is 5.23. The molecule has 192 valence electrons. The molecule has 0 spiro atoms. The van der Waals surface area contributed by atoms with Crippen LogP contribution >= 0.6 is 11.3 Å². The summed E-state index contributed by atoms with van der Waals surface area (Å²) in [6.07, 6.45) is 3.30. The minimum absolute atomic E-state index is 0.0472. The first-order chi connectivity index (χ1) is 17.1. The van der Waals surface area contributed by atoms with Crippen LogP contribution < -0.4 is 5.19 Å². The Labute approximate surface area is 228 Å². The lowest BCUT2D eigenvalue weighted by Gasteiger charge is -2.23. The van der Waals surface area contributed by atoms with Crippen molar-refractivity contribution in [3.8, 4) is 11.3 Å². The van der Waals surface area contributed by atoms with Gasteiger partial charge in [-0.2, -0.15) is 0 Å². The summed E-state index contributed by atoms with van der Waals surface area (Å²) < 4.78 is 2.78. The minimum atomic E-state index is -1.61. The lowest BCUT2D eigenvalue weighted by molar-refractivity contribution is 0.410. The van der Waals surface area contributed by atoms with Gasteiger partial charge in [0.15, 0.2) is 0 Å². The van der Waals surface area contributed by atoms with Gasteiger partial charge in [-0.1, -0.05) is 97.6 Å². The number of nitrogens with zero attached hydrogens (tertiary/aromatic N) is 1. The molecule has 5 aromatic rings. The Bertz CT molecular complexity index is 1650. The van der Waals surface area contributed by atoms with Crippen LogP contribution in [0.2, 0.25) is 19.6 Å². The van der Waals surface area contributed by atoms with Gasteiger partial charge in [0.2, 0.25) is 0 Å². The molecule has 0 fully saturated rings. The maximum Gasteiger partial charge on any atom is 0.0880 e. The Morgan fingerprint density at radius 3 is 2.19 bits per heavy atom. The Morgan fingerprint density at radius 2 is 1.54 bits per heavy atom. The summed E-state index contributed by atoms with van der Waals surface area (Å²) in [6.45, 7) is 23.6. The molecule has 37 heavy (non-hydrogen) atoms. The van der Waals surface area contributed by atoms with Crippen LogP contribution in [-0.4, -0.2) is 13.1 Å². The molecule has 0 saturated heterocycles. The number of aromatic nitrogens is 1. The van der Waals surface area contributed by atoms with Crippen molar-refractivity contribution in [1.82, 2.24) is 4.98 Å². The minimum Gasteiger partial charge on any atom is -0.255 e. The summed E-state index contributed by atoms with van der Waals surface area (Å²) >= 11 is 1.96. The number of pyridine rings is 1. The van der Waals surface area contributed by atoms with Crippen LogP contribution in [0.5, 0.6) is 0 Å². The van der Waals surface area contributed by atoms with E-state index < -0.39 is 8.07 Å². The van der Waals surface area contributed by atoms with E-state index in [-0.39, 0.29) is 10.8 Å². The van der Waals surface area contributed by atoms with E-state index in [1.165, 1.54) is 58.4 Å². The summed E-state index contributed by atoms with van der Waals surface area (Å²) in [5.41, 5.74) is 6.97. The Balaban J connectivity index is 1.87. The number of rotatable bonds is 3. The van der Waals surface area contributed by atoms with Gasteiger partial charge in [0.05, 0.1) is 18.5 Å². The van der Waals surface area contributed by atoms with Crippen molar-refractivity contribution in [1.29, 1.82) is 0 Å². The van der Waals surface area contributed by atoms with Crippen LogP contribution in [0.1, 0.15) is 58.2 Å². The van der Waals surface area contributed by atoms with Gasteiger partial charge < -0.3 is 0 Å². The first kappa shape index (κ1) is 26.1. The van der Waals surface area contributed by atoms with Gasteiger partial charge >= 0.3 is 0 Å². The van der Waals surface area contributed by atoms with Gasteiger partial charge in [0, 0.05) is 27.2 Å². The number of hydrogen-bond acceptors (Lipinski definition) is 2. The molecule has 0 aliphatic heterocycles. The molecule has 0 aliphatic rings. The molecule has 3 aromatic carbocycles. The normalized spacial score (nSPS) is 13.2. The van der Waals surface area contributed by atoms with Crippen LogP contribution in [0.15, 0.2) is 54.7 Å². The highest BCUT2D eigenvalue weighted by Gasteiger charge is 2.26. The lowest BCUT2D eigenvalue weighted by atomic mass is 9.82. The molecule has 0 unspecified atom stereocenters. The zero-order valence-electron chi connectivity index (χ0n) is 24.3. The fourth-order valence-electron chi connectivity index (χ4n) is 5.63. The van der Waals surface area contributed by atoms with Crippen molar-refractivity contribution < 1.29 is 0 Å². The van der Waals surface area contributed by atoms with Crippen molar-refractivity contribution in [3.63, 3.8) is 0 Å². The van der Waals surface area contributed by atoms with Crippen LogP contribution in [0.4, 0.5) is 0 Å². The van der Waals surface area contributed by atoms with Crippen molar-refractivity contribution >= 4 is 55.5 Å². The molecule has 1 nitrogen and oxygen atoms in total. The van der Waals surface area contributed by atoms with E-state index in [9.17, 15) is 0 Å². The van der Waals surface area contributed by atoms with Gasteiger partial charge in [-0.25, -0.2) is 0 Å². The summed E-state index contributed by atoms with van der Waals surface area (Å²) in [6, 6.07) is 18.3. The highest BCUT2D eigenvalue weighted by molar-refractivity contribution is 7.27. The zero-order valence-corrected chi connectivity index (χ0v) is 26.1. The SMILES string of the molecule is Cc1c(CC(C)(C)C)ccc2c1sc1c(-c3cc(C(C)(C)C)c4ccccc4c3)ncc([Si](C)(C)C)c12. The fraction of sp³-hybridized carbons (Fsp3) is 0.382. The van der Waals surface area contributed by atoms with E-state index in [1.807, 2.05) is 11.3 Å². The Kier molecular flexibility index (Phi) is 6.20. The molecular formula is C34H41NSSi. The van der Waals surface area contributed by atoms with Crippen molar-refractivity contribution in [3.05, 3.63) is 71.4 Å². The summed E-state index contributed by atoms with van der Waals surface area (Å²) in [7, 11) is -1.61. The largest absolute Gasteiger partial charge is 0.255 e. The molecule has 0 atom stereocenters. The van der Waals surface area contributed by atoms with E-state index in [0.717, 1.165) is 12.1 Å². The smallest absolute Gasteiger partial charge is 0.0880 e. The molecule has 2 heterocycles. The van der Waals surface area contributed by atoms with Crippen LogP contribution in [-0.2, 0) is 11.8 Å². The van der Waals surface area contributed by atoms with Crippen LogP contribution in [0.3, 0.4) is 0 Å². The second kappa shape index (κ2) is 8.78. The molecule has 0 aliphatic carbocycles. The van der Waals surface area contributed by atoms with E-state index in [2.05, 4.69) is 123 Å². The van der Waals surface area contributed by atoms with Gasteiger partial charge in [0.1, 0.15) is 0 Å². The van der Waals surface area contributed by atoms with Gasteiger partial charge in [0.25, 0.3) is 0 Å². The fourth-order valence-corrected chi connectivity index (χ4v) is 8.54. The molecule has 0 N–H and O–H groups in total. The van der Waals surface area contributed by atoms with Gasteiger partial charge in [-0.15, -0.1) is 11.3 Å². The number of hydrogen-bond donors (Lipinski definition) is 0. The Hall–Kier alpha value is -2.49. The predicted octanol–water partition coefficient (Wildman–Crippen LogP) is 10.0.